The molecule has 0 unspecified atom stereocenters. The lowest BCUT2D eigenvalue weighted by Gasteiger charge is -2.05. The number of fused-ring (bicyclic) bond motifs is 1. The zero-order valence-electron chi connectivity index (χ0n) is 13.3. The fourth-order valence-electron chi connectivity index (χ4n) is 2.46. The number of ether oxygens (including phenoxy) is 1. The van der Waals surface area contributed by atoms with Crippen LogP contribution in [0.1, 0.15) is 34.9 Å². The molecule has 0 radical (unpaired) electrons. The summed E-state index contributed by atoms with van der Waals surface area (Å²) < 4.78 is 7.06. The van der Waals surface area contributed by atoms with Gasteiger partial charge in [0.25, 0.3) is 0 Å². The number of hydrogen-bond donors (Lipinski definition) is 0. The quantitative estimate of drug-likeness (QED) is 0.631. The number of aromatic nitrogens is 3. The van der Waals surface area contributed by atoms with Crippen LogP contribution in [0.5, 0.6) is 0 Å². The molecule has 0 N–H and O–H groups in total. The molecule has 0 aliphatic rings. The third-order valence-electron chi connectivity index (χ3n) is 3.51. The van der Waals surface area contributed by atoms with Crippen molar-refractivity contribution in [3.8, 4) is 0 Å². The van der Waals surface area contributed by atoms with Gasteiger partial charge in [0.15, 0.2) is 5.82 Å². The van der Waals surface area contributed by atoms with Crippen LogP contribution >= 0.6 is 22.9 Å². The zero-order valence-corrected chi connectivity index (χ0v) is 14.9. The highest BCUT2D eigenvalue weighted by molar-refractivity contribution is 7.10. The van der Waals surface area contributed by atoms with Gasteiger partial charge in [-0.05, 0) is 38.1 Å². The summed E-state index contributed by atoms with van der Waals surface area (Å²) in [6.45, 7) is 4.87. The number of halogens is 1. The van der Waals surface area contributed by atoms with Crippen LogP contribution in [-0.4, -0.2) is 27.1 Å². The van der Waals surface area contributed by atoms with Gasteiger partial charge in [-0.2, -0.15) is 0 Å². The van der Waals surface area contributed by atoms with Crippen LogP contribution < -0.4 is 0 Å². The zero-order chi connectivity index (χ0) is 17.1. The van der Waals surface area contributed by atoms with E-state index in [0.717, 1.165) is 16.9 Å². The maximum Gasteiger partial charge on any atom is 0.338 e. The van der Waals surface area contributed by atoms with Crippen molar-refractivity contribution in [2.24, 2.45) is 0 Å². The molecular weight excluding hydrogens is 346 g/mol. The van der Waals surface area contributed by atoms with Gasteiger partial charge in [-0.15, -0.1) is 11.3 Å². The third kappa shape index (κ3) is 3.20. The standard InChI is InChI=1S/C17H16ClN3O2S/c1-3-21-15-6-5-11(17(22)23-4-2)7-14(15)20-16(21)13(18)8-12-9-19-10-24-12/h5-10H,3-4H2,1-2H3/b13-8-. The summed E-state index contributed by atoms with van der Waals surface area (Å²) in [5.74, 6) is 0.321. The molecule has 0 amide bonds. The summed E-state index contributed by atoms with van der Waals surface area (Å²) in [7, 11) is 0. The second-order valence-corrected chi connectivity index (χ2v) is 6.32. The van der Waals surface area contributed by atoms with Crippen LogP contribution in [0.3, 0.4) is 0 Å². The van der Waals surface area contributed by atoms with Crippen LogP contribution in [0.25, 0.3) is 22.1 Å². The number of benzene rings is 1. The smallest absolute Gasteiger partial charge is 0.338 e. The molecule has 3 aromatic rings. The molecule has 7 heteroatoms. The molecule has 0 saturated carbocycles. The molecule has 0 spiro atoms. The summed E-state index contributed by atoms with van der Waals surface area (Å²) in [6, 6.07) is 5.36. The summed E-state index contributed by atoms with van der Waals surface area (Å²) in [5.41, 5.74) is 3.88. The Kier molecular flexibility index (Phi) is 4.97. The molecule has 1 aromatic carbocycles. The molecule has 0 bridgehead atoms. The van der Waals surface area contributed by atoms with Crippen molar-refractivity contribution in [3.63, 3.8) is 0 Å². The van der Waals surface area contributed by atoms with E-state index in [1.54, 1.807) is 30.8 Å². The SMILES string of the molecule is CCOC(=O)c1ccc2c(c1)nc(/C(Cl)=C/c1cncs1)n2CC. The first-order chi connectivity index (χ1) is 11.6. The van der Waals surface area contributed by atoms with Crippen molar-refractivity contribution >= 4 is 51.0 Å². The van der Waals surface area contributed by atoms with Crippen molar-refractivity contribution in [2.75, 3.05) is 6.61 Å². The molecule has 2 aromatic heterocycles. The van der Waals surface area contributed by atoms with Crippen LogP contribution in [0.4, 0.5) is 0 Å². The number of carbonyl (C=O) groups is 1. The number of hydrogen-bond acceptors (Lipinski definition) is 5. The molecule has 2 heterocycles. The predicted octanol–water partition coefficient (Wildman–Crippen LogP) is 4.43. The minimum absolute atomic E-state index is 0.342. The lowest BCUT2D eigenvalue weighted by atomic mass is 10.2. The Labute approximate surface area is 148 Å². The van der Waals surface area contributed by atoms with E-state index < -0.39 is 0 Å². The highest BCUT2D eigenvalue weighted by Crippen LogP contribution is 2.27. The molecule has 5 nitrogen and oxygen atoms in total. The van der Waals surface area contributed by atoms with Crippen LogP contribution in [-0.2, 0) is 11.3 Å². The van der Waals surface area contributed by atoms with Gasteiger partial charge in [0.2, 0.25) is 0 Å². The van der Waals surface area contributed by atoms with E-state index in [0.29, 0.717) is 28.5 Å². The number of carbonyl (C=O) groups excluding carboxylic acids is 1. The van der Waals surface area contributed by atoms with Crippen molar-refractivity contribution in [3.05, 3.63) is 46.2 Å². The number of nitrogens with zero attached hydrogens (tertiary/aromatic N) is 3. The maximum absolute atomic E-state index is 11.9. The van der Waals surface area contributed by atoms with Gasteiger partial charge < -0.3 is 9.30 Å². The second kappa shape index (κ2) is 7.15. The highest BCUT2D eigenvalue weighted by atomic mass is 35.5. The van der Waals surface area contributed by atoms with Crippen molar-refractivity contribution in [1.82, 2.24) is 14.5 Å². The average Bonchev–Trinajstić information content (AvgIpc) is 3.21. The number of imidazole rings is 1. The van der Waals surface area contributed by atoms with E-state index >= 15 is 0 Å². The van der Waals surface area contributed by atoms with Crippen LogP contribution in [0.2, 0.25) is 0 Å². The Morgan fingerprint density at radius 1 is 1.42 bits per heavy atom. The van der Waals surface area contributed by atoms with E-state index in [9.17, 15) is 4.79 Å². The molecular formula is C17H16ClN3O2S. The van der Waals surface area contributed by atoms with E-state index in [1.165, 1.54) is 11.3 Å². The summed E-state index contributed by atoms with van der Waals surface area (Å²) in [6.07, 6.45) is 3.60. The molecule has 3 rings (SSSR count). The van der Waals surface area contributed by atoms with Gasteiger partial charge in [-0.1, -0.05) is 11.6 Å². The summed E-state index contributed by atoms with van der Waals surface area (Å²) >= 11 is 7.98. The van der Waals surface area contributed by atoms with Gasteiger partial charge in [-0.25, -0.2) is 9.78 Å². The van der Waals surface area contributed by atoms with Gasteiger partial charge in [0.05, 0.1) is 33.7 Å². The first kappa shape index (κ1) is 16.7. The predicted molar refractivity (Wildman–Crippen MR) is 97.2 cm³/mol. The molecule has 0 aliphatic heterocycles. The molecule has 24 heavy (non-hydrogen) atoms. The summed E-state index contributed by atoms with van der Waals surface area (Å²) in [5, 5.41) is 0.537. The number of aryl methyl sites for hydroxylation is 1. The lowest BCUT2D eigenvalue weighted by molar-refractivity contribution is 0.0526. The molecule has 124 valence electrons. The van der Waals surface area contributed by atoms with Crippen molar-refractivity contribution in [2.45, 2.75) is 20.4 Å². The Hall–Kier alpha value is -2.18. The topological polar surface area (TPSA) is 57.0 Å². The fraction of sp³-hybridized carbons (Fsp3) is 0.235. The highest BCUT2D eigenvalue weighted by Gasteiger charge is 2.15. The first-order valence-electron chi connectivity index (χ1n) is 7.57. The Morgan fingerprint density at radius 2 is 2.25 bits per heavy atom. The Morgan fingerprint density at radius 3 is 2.92 bits per heavy atom. The largest absolute Gasteiger partial charge is 0.462 e. The van der Waals surface area contributed by atoms with Crippen LogP contribution in [0.15, 0.2) is 29.9 Å². The number of esters is 1. The van der Waals surface area contributed by atoms with Gasteiger partial charge >= 0.3 is 5.97 Å². The van der Waals surface area contributed by atoms with E-state index in [2.05, 4.69) is 9.97 Å². The number of thiazole rings is 1. The minimum atomic E-state index is -0.349. The maximum atomic E-state index is 11.9. The molecule has 0 atom stereocenters. The van der Waals surface area contributed by atoms with Gasteiger partial charge in [0.1, 0.15) is 0 Å². The second-order valence-electron chi connectivity index (χ2n) is 5.00. The van der Waals surface area contributed by atoms with E-state index in [-0.39, 0.29) is 5.97 Å². The molecule has 0 saturated heterocycles. The summed E-state index contributed by atoms with van der Waals surface area (Å²) in [4.78, 5) is 21.5. The first-order valence-corrected chi connectivity index (χ1v) is 8.83. The minimum Gasteiger partial charge on any atom is -0.462 e. The van der Waals surface area contributed by atoms with Crippen LogP contribution in [0, 0.1) is 0 Å². The van der Waals surface area contributed by atoms with Crippen molar-refractivity contribution in [1.29, 1.82) is 0 Å². The normalized spacial score (nSPS) is 11.9. The lowest BCUT2D eigenvalue weighted by Crippen LogP contribution is -2.04. The Bertz CT molecular complexity index is 900. The molecule has 0 aliphatic carbocycles. The molecule has 0 fully saturated rings. The average molecular weight is 362 g/mol. The van der Waals surface area contributed by atoms with Gasteiger partial charge in [0, 0.05) is 17.6 Å². The fourth-order valence-corrected chi connectivity index (χ4v) is 3.34. The van der Waals surface area contributed by atoms with Gasteiger partial charge in [-0.3, -0.25) is 4.98 Å². The number of rotatable bonds is 5. The van der Waals surface area contributed by atoms with Crippen molar-refractivity contribution < 1.29 is 9.53 Å². The van der Waals surface area contributed by atoms with E-state index in [1.807, 2.05) is 23.6 Å². The Balaban J connectivity index is 2.07. The van der Waals surface area contributed by atoms with E-state index in [4.69, 9.17) is 16.3 Å². The third-order valence-corrected chi connectivity index (χ3v) is 4.51. The monoisotopic (exact) mass is 361 g/mol.